The Labute approximate surface area is 256 Å². The lowest BCUT2D eigenvalue weighted by Crippen LogP contribution is -2.56. The van der Waals surface area contributed by atoms with Crippen molar-refractivity contribution in [1.82, 2.24) is 24.8 Å². The average Bonchev–Trinajstić information content (AvgIpc) is 3.69. The fraction of sp³-hybridized carbons (Fsp3) is 0.387. The van der Waals surface area contributed by atoms with Gasteiger partial charge in [-0.1, -0.05) is 17.9 Å². The van der Waals surface area contributed by atoms with E-state index in [1.165, 1.54) is 18.2 Å². The van der Waals surface area contributed by atoms with E-state index in [0.29, 0.717) is 42.0 Å². The molecule has 0 radical (unpaired) electrons. The SMILES string of the molecule is C=CC(=O)N1CC(Nc2nc(OCC34CCCN3CCC4)nc3c(F)c(-c4ccc(F)c5sc(N)nc45)c(CC#N)cc23)C1. The Morgan fingerprint density at radius 2 is 2.00 bits per heavy atom. The molecule has 2 aromatic carbocycles. The lowest BCUT2D eigenvalue weighted by molar-refractivity contribution is -0.129. The Morgan fingerprint density at radius 1 is 1.23 bits per heavy atom. The lowest BCUT2D eigenvalue weighted by atomic mass is 9.94. The number of likely N-dealkylation sites (tertiary alicyclic amines) is 1. The van der Waals surface area contributed by atoms with E-state index in [4.69, 9.17) is 10.5 Å². The molecule has 10 nitrogen and oxygen atoms in total. The minimum atomic E-state index is -0.693. The van der Waals surface area contributed by atoms with Crippen LogP contribution in [0.4, 0.5) is 19.7 Å². The molecule has 1 amide bonds. The highest BCUT2D eigenvalue weighted by Gasteiger charge is 2.45. The van der Waals surface area contributed by atoms with Crippen molar-refractivity contribution in [2.75, 3.05) is 43.8 Å². The number of halogens is 2. The topological polar surface area (TPSA) is 133 Å². The van der Waals surface area contributed by atoms with Gasteiger partial charge in [0, 0.05) is 29.6 Å². The largest absolute Gasteiger partial charge is 0.461 e. The molecule has 0 atom stereocenters. The number of nitrogen functional groups attached to an aromatic ring is 1. The van der Waals surface area contributed by atoms with Crippen molar-refractivity contribution in [3.63, 3.8) is 0 Å². The molecule has 13 heteroatoms. The first kappa shape index (κ1) is 28.4. The molecule has 0 saturated carbocycles. The number of ether oxygens (including phenoxy) is 1. The molecule has 226 valence electrons. The Hall–Kier alpha value is -4.41. The third-order valence-corrected chi connectivity index (χ3v) is 9.93. The minimum absolute atomic E-state index is 0.000383. The fourth-order valence-corrected chi connectivity index (χ4v) is 7.64. The van der Waals surface area contributed by atoms with Gasteiger partial charge >= 0.3 is 6.01 Å². The number of carbonyl (C=O) groups is 1. The predicted octanol–water partition coefficient (Wildman–Crippen LogP) is 4.65. The number of rotatable bonds is 8. The fourth-order valence-electron chi connectivity index (χ4n) is 6.88. The quantitative estimate of drug-likeness (QED) is 0.272. The van der Waals surface area contributed by atoms with Crippen molar-refractivity contribution in [2.45, 2.75) is 43.7 Å². The monoisotopic (exact) mass is 616 g/mol. The Kier molecular flexibility index (Phi) is 7.05. The van der Waals surface area contributed by atoms with Crippen molar-refractivity contribution >= 4 is 49.3 Å². The summed E-state index contributed by atoms with van der Waals surface area (Å²) in [5.41, 5.74) is 6.86. The van der Waals surface area contributed by atoms with Gasteiger partial charge in [0.2, 0.25) is 5.91 Å². The minimum Gasteiger partial charge on any atom is -0.461 e. The number of aromatic nitrogens is 3. The molecule has 3 fully saturated rings. The number of hydrogen-bond acceptors (Lipinski definition) is 10. The van der Waals surface area contributed by atoms with E-state index >= 15 is 4.39 Å². The zero-order valence-corrected chi connectivity index (χ0v) is 24.7. The molecule has 5 heterocycles. The molecule has 3 N–H and O–H groups in total. The van der Waals surface area contributed by atoms with Crippen LogP contribution < -0.4 is 15.8 Å². The number of anilines is 2. The van der Waals surface area contributed by atoms with E-state index in [1.807, 2.05) is 0 Å². The lowest BCUT2D eigenvalue weighted by Gasteiger charge is -2.39. The van der Waals surface area contributed by atoms with Crippen LogP contribution in [-0.4, -0.2) is 75.0 Å². The number of nitrogens with two attached hydrogens (primary N) is 1. The van der Waals surface area contributed by atoms with Crippen LogP contribution in [0.3, 0.4) is 0 Å². The smallest absolute Gasteiger partial charge is 0.319 e. The highest BCUT2D eigenvalue weighted by atomic mass is 32.1. The van der Waals surface area contributed by atoms with Crippen LogP contribution in [-0.2, 0) is 11.2 Å². The number of hydrogen-bond donors (Lipinski definition) is 2. The Balaban J connectivity index is 1.35. The van der Waals surface area contributed by atoms with E-state index in [-0.39, 0.29) is 56.3 Å². The van der Waals surface area contributed by atoms with Crippen LogP contribution in [0.1, 0.15) is 31.2 Å². The Morgan fingerprint density at radius 3 is 2.73 bits per heavy atom. The zero-order valence-electron chi connectivity index (χ0n) is 23.9. The summed E-state index contributed by atoms with van der Waals surface area (Å²) in [7, 11) is 0. The summed E-state index contributed by atoms with van der Waals surface area (Å²) in [5.74, 6) is -1.03. The van der Waals surface area contributed by atoms with E-state index < -0.39 is 11.6 Å². The maximum absolute atomic E-state index is 16.8. The maximum Gasteiger partial charge on any atom is 0.319 e. The average molecular weight is 617 g/mol. The molecule has 3 saturated heterocycles. The van der Waals surface area contributed by atoms with Crippen LogP contribution in [0.15, 0.2) is 30.9 Å². The van der Waals surface area contributed by atoms with E-state index in [9.17, 15) is 14.4 Å². The molecule has 7 rings (SSSR count). The summed E-state index contributed by atoms with van der Waals surface area (Å²) in [6.07, 6.45) is 5.39. The second-order valence-corrected chi connectivity index (χ2v) is 12.7. The number of nitrogens with zero attached hydrogens (tertiary/aromatic N) is 6. The van der Waals surface area contributed by atoms with Gasteiger partial charge in [-0.3, -0.25) is 9.69 Å². The van der Waals surface area contributed by atoms with Gasteiger partial charge in [-0.2, -0.15) is 15.2 Å². The molecule has 0 unspecified atom stereocenters. The summed E-state index contributed by atoms with van der Waals surface area (Å²) in [6.45, 7) is 6.85. The summed E-state index contributed by atoms with van der Waals surface area (Å²) in [5, 5.41) is 13.6. The maximum atomic E-state index is 16.8. The third kappa shape index (κ3) is 4.69. The van der Waals surface area contributed by atoms with E-state index in [0.717, 1.165) is 50.1 Å². The van der Waals surface area contributed by atoms with E-state index in [2.05, 4.69) is 37.8 Å². The summed E-state index contributed by atoms with van der Waals surface area (Å²) in [6, 6.07) is 6.40. The van der Waals surface area contributed by atoms with Gasteiger partial charge in [0.15, 0.2) is 10.9 Å². The number of benzene rings is 2. The molecule has 44 heavy (non-hydrogen) atoms. The van der Waals surface area contributed by atoms with Gasteiger partial charge in [0.25, 0.3) is 0 Å². The number of thiazole rings is 1. The molecule has 3 aliphatic rings. The van der Waals surface area contributed by atoms with Crippen molar-refractivity contribution < 1.29 is 18.3 Å². The number of amides is 1. The zero-order chi connectivity index (χ0) is 30.6. The predicted molar refractivity (Wildman–Crippen MR) is 164 cm³/mol. The van der Waals surface area contributed by atoms with Crippen LogP contribution in [0.25, 0.3) is 32.2 Å². The van der Waals surface area contributed by atoms with Crippen molar-refractivity contribution in [3.8, 4) is 23.2 Å². The van der Waals surface area contributed by atoms with Crippen LogP contribution >= 0.6 is 11.3 Å². The van der Waals surface area contributed by atoms with Crippen molar-refractivity contribution in [3.05, 3.63) is 48.1 Å². The molecule has 3 aliphatic heterocycles. The number of nitrogens with one attached hydrogen (secondary N) is 1. The number of fused-ring (bicyclic) bond motifs is 3. The molecule has 2 aromatic heterocycles. The summed E-state index contributed by atoms with van der Waals surface area (Å²) >= 11 is 0.977. The van der Waals surface area contributed by atoms with Gasteiger partial charge in [0.05, 0.1) is 34.3 Å². The molecule has 0 spiro atoms. The van der Waals surface area contributed by atoms with Crippen molar-refractivity contribution in [2.24, 2.45) is 0 Å². The number of nitriles is 1. The molecular formula is C31H30F2N8O2S. The van der Waals surface area contributed by atoms with Gasteiger partial charge < -0.3 is 20.7 Å². The molecule has 0 aliphatic carbocycles. The van der Waals surface area contributed by atoms with Gasteiger partial charge in [-0.25, -0.2) is 13.8 Å². The first-order valence-corrected chi connectivity index (χ1v) is 15.4. The standard InChI is InChI=1S/C31H30F2N8O2S/c1-2-22(42)40-14-18(15-40)36-28-20-13-17(7-10-34)23(19-5-6-21(32)27-26(19)37-29(35)44-27)24(33)25(20)38-30(39-28)43-16-31-8-3-11-41(31)12-4-9-31/h2,5-6,13,18H,1,3-4,7-9,11-12,14-16H2,(H2,35,37)(H,36,38,39). The molecule has 0 bridgehead atoms. The normalized spacial score (nSPS) is 17.9. The summed E-state index contributed by atoms with van der Waals surface area (Å²) in [4.78, 5) is 29.7. The second kappa shape index (κ2) is 10.9. The molecule has 4 aromatic rings. The first-order chi connectivity index (χ1) is 21.3. The van der Waals surface area contributed by atoms with Gasteiger partial charge in [0.1, 0.15) is 23.8 Å². The Bertz CT molecular complexity index is 1860. The number of carbonyl (C=O) groups excluding carboxylic acids is 1. The highest BCUT2D eigenvalue weighted by molar-refractivity contribution is 7.22. The van der Waals surface area contributed by atoms with Crippen LogP contribution in [0.5, 0.6) is 6.01 Å². The second-order valence-electron chi connectivity index (χ2n) is 11.6. The van der Waals surface area contributed by atoms with Crippen molar-refractivity contribution in [1.29, 1.82) is 5.26 Å². The van der Waals surface area contributed by atoms with Gasteiger partial charge in [-0.05, 0) is 68.6 Å². The van der Waals surface area contributed by atoms with E-state index in [1.54, 1.807) is 11.0 Å². The first-order valence-electron chi connectivity index (χ1n) is 14.6. The van der Waals surface area contributed by atoms with Gasteiger partial charge in [-0.15, -0.1) is 0 Å². The highest BCUT2D eigenvalue weighted by Crippen LogP contribution is 2.42. The third-order valence-electron chi connectivity index (χ3n) is 9.03. The van der Waals surface area contributed by atoms with Crippen LogP contribution in [0.2, 0.25) is 0 Å². The van der Waals surface area contributed by atoms with Crippen LogP contribution in [0, 0.1) is 23.0 Å². The molecular weight excluding hydrogens is 586 g/mol. The summed E-state index contributed by atoms with van der Waals surface area (Å²) < 4.78 is 37.9.